The molecule has 4 aromatic rings. The van der Waals surface area contributed by atoms with Crippen LogP contribution < -0.4 is 15.6 Å². The first-order valence-electron chi connectivity index (χ1n) is 9.49. The van der Waals surface area contributed by atoms with Crippen LogP contribution >= 0.6 is 0 Å². The molecule has 1 amide bonds. The molecule has 2 heterocycles. The second-order valence-electron chi connectivity index (χ2n) is 6.68. The molecule has 4 rings (SSSR count). The number of carbonyl (C=O) groups excluding carboxylic acids is 1. The first-order chi connectivity index (χ1) is 14.6. The molecule has 2 aromatic heterocycles. The van der Waals surface area contributed by atoms with Crippen LogP contribution in [-0.2, 0) is 6.54 Å². The number of pyridine rings is 1. The number of nitrogens with one attached hydrogen (secondary N) is 1. The molecule has 0 fully saturated rings. The van der Waals surface area contributed by atoms with E-state index in [9.17, 15) is 9.59 Å². The number of hydrogen-bond donors (Lipinski definition) is 1. The van der Waals surface area contributed by atoms with Crippen LogP contribution in [0.25, 0.3) is 22.2 Å². The quantitative estimate of drug-likeness (QED) is 0.538. The number of methoxy groups -OCH3 is 1. The van der Waals surface area contributed by atoms with Crippen LogP contribution in [-0.4, -0.2) is 34.1 Å². The molecule has 7 heteroatoms. The Morgan fingerprint density at radius 3 is 2.63 bits per heavy atom. The molecule has 0 unspecified atom stereocenters. The lowest BCUT2D eigenvalue weighted by Gasteiger charge is -2.09. The lowest BCUT2D eigenvalue weighted by Crippen LogP contribution is -2.31. The van der Waals surface area contributed by atoms with Gasteiger partial charge in [-0.2, -0.15) is 0 Å². The molecule has 0 radical (unpaired) electrons. The number of nitrogens with zero attached hydrogens (tertiary/aromatic N) is 3. The smallest absolute Gasteiger partial charge is 0.269 e. The molecular formula is C23H20N4O3. The van der Waals surface area contributed by atoms with E-state index in [0.29, 0.717) is 17.9 Å². The predicted octanol–water partition coefficient (Wildman–Crippen LogP) is 2.90. The van der Waals surface area contributed by atoms with Gasteiger partial charge in [0.05, 0.1) is 24.6 Å². The van der Waals surface area contributed by atoms with Gasteiger partial charge in [0.2, 0.25) is 0 Å². The highest BCUT2D eigenvalue weighted by Gasteiger charge is 2.08. The molecule has 7 nitrogen and oxygen atoms in total. The molecule has 0 spiro atoms. The van der Waals surface area contributed by atoms with Gasteiger partial charge in [0.1, 0.15) is 11.4 Å². The zero-order valence-corrected chi connectivity index (χ0v) is 16.4. The van der Waals surface area contributed by atoms with Gasteiger partial charge in [-0.15, -0.1) is 0 Å². The highest BCUT2D eigenvalue weighted by atomic mass is 16.5. The summed E-state index contributed by atoms with van der Waals surface area (Å²) in [5.41, 5.74) is 2.33. The van der Waals surface area contributed by atoms with Crippen LogP contribution in [0.1, 0.15) is 10.5 Å². The highest BCUT2D eigenvalue weighted by molar-refractivity contribution is 5.94. The number of benzene rings is 2. The molecule has 0 saturated heterocycles. The summed E-state index contributed by atoms with van der Waals surface area (Å²) in [4.78, 5) is 33.5. The lowest BCUT2D eigenvalue weighted by molar-refractivity contribution is 0.0947. The minimum Gasteiger partial charge on any atom is -0.497 e. The molecule has 0 bridgehead atoms. The van der Waals surface area contributed by atoms with Gasteiger partial charge in [-0.25, -0.2) is 9.97 Å². The Morgan fingerprint density at radius 1 is 1.07 bits per heavy atom. The van der Waals surface area contributed by atoms with Gasteiger partial charge in [0.15, 0.2) is 0 Å². The second kappa shape index (κ2) is 8.57. The summed E-state index contributed by atoms with van der Waals surface area (Å²) < 4.78 is 6.60. The number of aromatic nitrogens is 3. The van der Waals surface area contributed by atoms with E-state index >= 15 is 0 Å². The molecule has 0 aliphatic rings. The molecular weight excluding hydrogens is 380 g/mol. The fourth-order valence-corrected chi connectivity index (χ4v) is 3.09. The first kappa shape index (κ1) is 19.3. The molecule has 0 saturated carbocycles. The molecule has 150 valence electrons. The number of hydrogen-bond acceptors (Lipinski definition) is 5. The van der Waals surface area contributed by atoms with Crippen LogP contribution in [0.5, 0.6) is 5.75 Å². The van der Waals surface area contributed by atoms with Crippen LogP contribution in [0.3, 0.4) is 0 Å². The van der Waals surface area contributed by atoms with E-state index in [1.165, 1.54) is 17.0 Å². The van der Waals surface area contributed by atoms with E-state index in [0.717, 1.165) is 22.2 Å². The fraction of sp³-hybridized carbons (Fsp3) is 0.130. The molecule has 0 aliphatic heterocycles. The zero-order chi connectivity index (χ0) is 20.9. The van der Waals surface area contributed by atoms with Crippen molar-refractivity contribution in [3.05, 3.63) is 89.1 Å². The number of rotatable bonds is 6. The van der Waals surface area contributed by atoms with E-state index in [1.54, 1.807) is 13.2 Å². The average molecular weight is 400 g/mol. The van der Waals surface area contributed by atoms with Crippen molar-refractivity contribution in [2.75, 3.05) is 13.7 Å². The van der Waals surface area contributed by atoms with Crippen molar-refractivity contribution in [3.63, 3.8) is 0 Å². The normalized spacial score (nSPS) is 10.7. The van der Waals surface area contributed by atoms with Gasteiger partial charge >= 0.3 is 0 Å². The largest absolute Gasteiger partial charge is 0.497 e. The Labute approximate surface area is 173 Å². The van der Waals surface area contributed by atoms with Gasteiger partial charge < -0.3 is 10.1 Å². The Bertz CT molecular complexity index is 1250. The number of carbonyl (C=O) groups is 1. The summed E-state index contributed by atoms with van der Waals surface area (Å²) in [5, 5.41) is 3.77. The van der Waals surface area contributed by atoms with Gasteiger partial charge in [-0.3, -0.25) is 14.2 Å². The average Bonchev–Trinajstić information content (AvgIpc) is 2.79. The Kier molecular flexibility index (Phi) is 5.52. The maximum atomic E-state index is 12.4. The summed E-state index contributed by atoms with van der Waals surface area (Å²) in [5.74, 6) is 0.459. The minimum absolute atomic E-state index is 0.186. The maximum Gasteiger partial charge on any atom is 0.269 e. The predicted molar refractivity (Wildman–Crippen MR) is 115 cm³/mol. The van der Waals surface area contributed by atoms with Gasteiger partial charge in [0, 0.05) is 30.1 Å². The van der Waals surface area contributed by atoms with Crippen molar-refractivity contribution in [1.82, 2.24) is 19.9 Å². The van der Waals surface area contributed by atoms with Crippen LogP contribution in [0.4, 0.5) is 0 Å². The third kappa shape index (κ3) is 4.20. The van der Waals surface area contributed by atoms with E-state index in [2.05, 4.69) is 15.3 Å². The number of ether oxygens (including phenoxy) is 1. The maximum absolute atomic E-state index is 12.4. The molecule has 2 aromatic carbocycles. The fourth-order valence-electron chi connectivity index (χ4n) is 3.09. The molecule has 1 N–H and O–H groups in total. The van der Waals surface area contributed by atoms with Crippen molar-refractivity contribution in [2.24, 2.45) is 0 Å². The van der Waals surface area contributed by atoms with E-state index in [1.807, 2.05) is 54.6 Å². The lowest BCUT2D eigenvalue weighted by atomic mass is 10.1. The van der Waals surface area contributed by atoms with Crippen molar-refractivity contribution in [1.29, 1.82) is 0 Å². The topological polar surface area (TPSA) is 86.1 Å². The van der Waals surface area contributed by atoms with Crippen molar-refractivity contribution in [3.8, 4) is 17.0 Å². The number of fused-ring (bicyclic) bond motifs is 1. The number of amides is 1. The van der Waals surface area contributed by atoms with Crippen LogP contribution in [0.2, 0.25) is 0 Å². The van der Waals surface area contributed by atoms with Gasteiger partial charge in [0.25, 0.3) is 11.5 Å². The zero-order valence-electron chi connectivity index (χ0n) is 16.4. The minimum atomic E-state index is -0.281. The van der Waals surface area contributed by atoms with Crippen molar-refractivity contribution in [2.45, 2.75) is 6.54 Å². The van der Waals surface area contributed by atoms with Gasteiger partial charge in [-0.1, -0.05) is 24.3 Å². The first-order valence-corrected chi connectivity index (χ1v) is 9.49. The van der Waals surface area contributed by atoms with E-state index in [4.69, 9.17) is 4.74 Å². The number of para-hydroxylation sites is 1. The Balaban J connectivity index is 1.39. The van der Waals surface area contributed by atoms with Gasteiger partial charge in [-0.05, 0) is 36.4 Å². The third-order valence-corrected chi connectivity index (χ3v) is 4.73. The summed E-state index contributed by atoms with van der Waals surface area (Å²) in [6.45, 7) is 0.602. The third-order valence-electron chi connectivity index (χ3n) is 4.73. The van der Waals surface area contributed by atoms with E-state index in [-0.39, 0.29) is 18.0 Å². The second-order valence-corrected chi connectivity index (χ2v) is 6.68. The van der Waals surface area contributed by atoms with Crippen LogP contribution in [0, 0.1) is 0 Å². The highest BCUT2D eigenvalue weighted by Crippen LogP contribution is 2.19. The summed E-state index contributed by atoms with van der Waals surface area (Å²) in [6.07, 6.45) is 1.49. The monoisotopic (exact) mass is 400 g/mol. The van der Waals surface area contributed by atoms with Crippen molar-refractivity contribution < 1.29 is 9.53 Å². The Hall–Kier alpha value is -4.00. The van der Waals surface area contributed by atoms with Crippen LogP contribution in [0.15, 0.2) is 77.9 Å². The molecule has 0 aliphatic carbocycles. The SMILES string of the molecule is COc1ccc(-c2cc(=O)n(CCNC(=O)c3ccc4ccccc4n3)cn2)cc1. The van der Waals surface area contributed by atoms with Crippen molar-refractivity contribution >= 4 is 16.8 Å². The standard InChI is InChI=1S/C23H20N4O3/c1-30-18-9-6-17(7-10-18)21-14-22(28)27(15-25-21)13-12-24-23(29)20-11-8-16-4-2-3-5-19(16)26-20/h2-11,14-15H,12-13H2,1H3,(H,24,29). The summed E-state index contributed by atoms with van der Waals surface area (Å²) in [7, 11) is 1.60. The summed E-state index contributed by atoms with van der Waals surface area (Å²) >= 11 is 0. The molecule has 30 heavy (non-hydrogen) atoms. The van der Waals surface area contributed by atoms with E-state index < -0.39 is 0 Å². The Morgan fingerprint density at radius 2 is 1.87 bits per heavy atom. The molecule has 0 atom stereocenters. The summed E-state index contributed by atoms with van der Waals surface area (Å²) in [6, 6.07) is 20.0.